The summed E-state index contributed by atoms with van der Waals surface area (Å²) in [6.45, 7) is 5.92. The van der Waals surface area contributed by atoms with E-state index in [2.05, 4.69) is 5.10 Å². The predicted molar refractivity (Wildman–Crippen MR) is 71.5 cm³/mol. The molecule has 106 valence electrons. The van der Waals surface area contributed by atoms with E-state index in [9.17, 15) is 10.1 Å². The fraction of sp³-hybridized carbons (Fsp3) is 0.750. The van der Waals surface area contributed by atoms with Gasteiger partial charge >= 0.3 is 5.69 Å². The first-order valence-corrected chi connectivity index (χ1v) is 6.59. The van der Waals surface area contributed by atoms with Crippen LogP contribution in [-0.4, -0.2) is 40.5 Å². The molecule has 1 fully saturated rings. The summed E-state index contributed by atoms with van der Waals surface area (Å²) in [4.78, 5) is 12.9. The summed E-state index contributed by atoms with van der Waals surface area (Å²) in [5.74, 6) is 0.609. The quantitative estimate of drug-likeness (QED) is 0.613. The highest BCUT2D eigenvalue weighted by atomic mass is 16.6. The molecule has 1 saturated heterocycles. The van der Waals surface area contributed by atoms with Crippen molar-refractivity contribution in [3.05, 3.63) is 15.8 Å². The molecule has 1 aliphatic heterocycles. The Morgan fingerprint density at radius 2 is 2.11 bits per heavy atom. The van der Waals surface area contributed by atoms with Crippen molar-refractivity contribution in [2.24, 2.45) is 7.05 Å². The molecule has 0 N–H and O–H groups in total. The maximum absolute atomic E-state index is 11.2. The van der Waals surface area contributed by atoms with Crippen LogP contribution in [-0.2, 0) is 11.8 Å². The minimum absolute atomic E-state index is 0.123. The summed E-state index contributed by atoms with van der Waals surface area (Å²) in [5, 5.41) is 15.3. The second-order valence-corrected chi connectivity index (χ2v) is 4.78. The molecule has 0 atom stereocenters. The highest BCUT2D eigenvalue weighted by molar-refractivity contribution is 5.61. The van der Waals surface area contributed by atoms with Gasteiger partial charge in [0.25, 0.3) is 0 Å². The van der Waals surface area contributed by atoms with Crippen molar-refractivity contribution in [1.29, 1.82) is 0 Å². The lowest BCUT2D eigenvalue weighted by Gasteiger charge is -2.32. The van der Waals surface area contributed by atoms with Gasteiger partial charge in [-0.3, -0.25) is 10.1 Å². The van der Waals surface area contributed by atoms with Crippen LogP contribution in [0.15, 0.2) is 0 Å². The van der Waals surface area contributed by atoms with Gasteiger partial charge in [-0.25, -0.2) is 4.68 Å². The zero-order chi connectivity index (χ0) is 14.0. The predicted octanol–water partition coefficient (Wildman–Crippen LogP) is 1.64. The third kappa shape index (κ3) is 2.70. The summed E-state index contributed by atoms with van der Waals surface area (Å²) in [5.41, 5.74) is 0.590. The van der Waals surface area contributed by atoms with Gasteiger partial charge in [0.2, 0.25) is 5.82 Å². The lowest BCUT2D eigenvalue weighted by molar-refractivity contribution is -0.384. The number of anilines is 1. The van der Waals surface area contributed by atoms with E-state index in [0.717, 1.165) is 32.5 Å². The van der Waals surface area contributed by atoms with E-state index in [1.807, 2.05) is 11.8 Å². The number of aromatic nitrogens is 2. The Labute approximate surface area is 112 Å². The van der Waals surface area contributed by atoms with Crippen LogP contribution in [0, 0.1) is 17.0 Å². The Bertz CT molecular complexity index is 464. The van der Waals surface area contributed by atoms with Crippen molar-refractivity contribution >= 4 is 11.5 Å². The van der Waals surface area contributed by atoms with Crippen molar-refractivity contribution in [2.45, 2.75) is 32.8 Å². The van der Waals surface area contributed by atoms with Crippen molar-refractivity contribution in [3.8, 4) is 0 Å². The van der Waals surface area contributed by atoms with Crippen molar-refractivity contribution in [2.75, 3.05) is 24.6 Å². The van der Waals surface area contributed by atoms with Crippen LogP contribution in [0.2, 0.25) is 0 Å². The molecular weight excluding hydrogens is 248 g/mol. The number of nitro groups is 1. The lowest BCUT2D eigenvalue weighted by atomic mass is 10.1. The van der Waals surface area contributed by atoms with E-state index in [1.165, 1.54) is 0 Å². The molecule has 0 amide bonds. The minimum Gasteiger partial charge on any atom is -0.378 e. The maximum atomic E-state index is 11.2. The van der Waals surface area contributed by atoms with Crippen molar-refractivity contribution in [3.63, 3.8) is 0 Å². The SMILES string of the molecule is CCOC1CCN(c2c([N+](=O)[O-])c(C)nn2C)CC1. The van der Waals surface area contributed by atoms with Gasteiger partial charge in [-0.2, -0.15) is 5.10 Å². The second-order valence-electron chi connectivity index (χ2n) is 4.78. The molecule has 0 aliphatic carbocycles. The molecule has 0 bridgehead atoms. The Hall–Kier alpha value is -1.63. The fourth-order valence-electron chi connectivity index (χ4n) is 2.67. The van der Waals surface area contributed by atoms with Crippen LogP contribution in [0.5, 0.6) is 0 Å². The summed E-state index contributed by atoms with van der Waals surface area (Å²) in [6, 6.07) is 0. The number of ether oxygens (including phenoxy) is 1. The van der Waals surface area contributed by atoms with Crippen molar-refractivity contribution < 1.29 is 9.66 Å². The number of piperidine rings is 1. The number of hydrogen-bond donors (Lipinski definition) is 0. The number of rotatable bonds is 4. The van der Waals surface area contributed by atoms with E-state index >= 15 is 0 Å². The molecule has 1 aromatic rings. The topological polar surface area (TPSA) is 73.4 Å². The van der Waals surface area contributed by atoms with E-state index in [4.69, 9.17) is 4.74 Å². The van der Waals surface area contributed by atoms with Crippen LogP contribution in [0.1, 0.15) is 25.5 Å². The van der Waals surface area contributed by atoms with Gasteiger partial charge < -0.3 is 9.64 Å². The summed E-state index contributed by atoms with van der Waals surface area (Å²) >= 11 is 0. The number of nitrogens with zero attached hydrogens (tertiary/aromatic N) is 4. The lowest BCUT2D eigenvalue weighted by Crippen LogP contribution is -2.38. The van der Waals surface area contributed by atoms with Crippen LogP contribution in [0.3, 0.4) is 0 Å². The molecule has 0 aromatic carbocycles. The van der Waals surface area contributed by atoms with Gasteiger partial charge in [0, 0.05) is 26.7 Å². The standard InChI is InChI=1S/C12H20N4O3/c1-4-19-10-5-7-15(8-6-10)12-11(16(17)18)9(2)13-14(12)3/h10H,4-8H2,1-3H3. The molecule has 0 spiro atoms. The van der Waals surface area contributed by atoms with Crippen molar-refractivity contribution in [1.82, 2.24) is 9.78 Å². The van der Waals surface area contributed by atoms with Gasteiger partial charge in [-0.05, 0) is 26.7 Å². The largest absolute Gasteiger partial charge is 0.378 e. The normalized spacial score (nSPS) is 16.9. The Balaban J connectivity index is 2.17. The van der Waals surface area contributed by atoms with Crippen LogP contribution >= 0.6 is 0 Å². The average molecular weight is 268 g/mol. The molecule has 1 aliphatic rings. The highest BCUT2D eigenvalue weighted by Crippen LogP contribution is 2.32. The molecule has 7 heteroatoms. The smallest absolute Gasteiger partial charge is 0.333 e. The van der Waals surface area contributed by atoms with Crippen LogP contribution in [0.25, 0.3) is 0 Å². The molecule has 0 saturated carbocycles. The summed E-state index contributed by atoms with van der Waals surface area (Å²) < 4.78 is 7.20. The fourth-order valence-corrected chi connectivity index (χ4v) is 2.67. The maximum Gasteiger partial charge on any atom is 0.333 e. The first-order valence-electron chi connectivity index (χ1n) is 6.59. The third-order valence-corrected chi connectivity index (χ3v) is 3.49. The first kappa shape index (κ1) is 13.8. The molecule has 2 heterocycles. The number of hydrogen-bond acceptors (Lipinski definition) is 5. The molecule has 1 aromatic heterocycles. The zero-order valence-corrected chi connectivity index (χ0v) is 11.6. The average Bonchev–Trinajstić information content (AvgIpc) is 2.66. The van der Waals surface area contributed by atoms with Gasteiger partial charge in [0.15, 0.2) is 0 Å². The number of aryl methyl sites for hydroxylation is 2. The van der Waals surface area contributed by atoms with Gasteiger partial charge in [0.05, 0.1) is 11.0 Å². The van der Waals surface area contributed by atoms with E-state index in [1.54, 1.807) is 18.7 Å². The molecule has 0 radical (unpaired) electrons. The Morgan fingerprint density at radius 1 is 1.47 bits per heavy atom. The van der Waals surface area contributed by atoms with Gasteiger partial charge in [-0.1, -0.05) is 0 Å². The van der Waals surface area contributed by atoms with Crippen LogP contribution < -0.4 is 4.90 Å². The minimum atomic E-state index is -0.341. The highest BCUT2D eigenvalue weighted by Gasteiger charge is 2.30. The van der Waals surface area contributed by atoms with E-state index in [-0.39, 0.29) is 16.7 Å². The van der Waals surface area contributed by atoms with Gasteiger partial charge in [-0.15, -0.1) is 0 Å². The Morgan fingerprint density at radius 3 is 2.63 bits per heavy atom. The van der Waals surface area contributed by atoms with Gasteiger partial charge in [0.1, 0.15) is 5.69 Å². The monoisotopic (exact) mass is 268 g/mol. The molecule has 2 rings (SSSR count). The van der Waals surface area contributed by atoms with E-state index < -0.39 is 0 Å². The first-order chi connectivity index (χ1) is 9.04. The molecule has 0 unspecified atom stereocenters. The molecule has 7 nitrogen and oxygen atoms in total. The summed E-state index contributed by atoms with van der Waals surface area (Å²) in [6.07, 6.45) is 2.07. The second kappa shape index (κ2) is 5.56. The molecular formula is C12H20N4O3. The molecule has 19 heavy (non-hydrogen) atoms. The van der Waals surface area contributed by atoms with Crippen LogP contribution in [0.4, 0.5) is 11.5 Å². The zero-order valence-electron chi connectivity index (χ0n) is 11.6. The Kier molecular flexibility index (Phi) is 4.04. The third-order valence-electron chi connectivity index (χ3n) is 3.49. The van der Waals surface area contributed by atoms with E-state index in [0.29, 0.717) is 11.5 Å². The summed E-state index contributed by atoms with van der Waals surface area (Å²) in [7, 11) is 1.75.